The third-order valence-corrected chi connectivity index (χ3v) is 5.74. The van der Waals surface area contributed by atoms with E-state index in [4.69, 9.17) is 0 Å². The molecule has 1 unspecified atom stereocenters. The van der Waals surface area contributed by atoms with Crippen LogP contribution < -0.4 is 5.32 Å². The van der Waals surface area contributed by atoms with Gasteiger partial charge >= 0.3 is 0 Å². The summed E-state index contributed by atoms with van der Waals surface area (Å²) in [5, 5.41) is 3.98. The van der Waals surface area contributed by atoms with Crippen LogP contribution in [-0.4, -0.2) is 32.4 Å². The molecule has 1 aromatic rings. The summed E-state index contributed by atoms with van der Waals surface area (Å²) >= 11 is 1.60. The van der Waals surface area contributed by atoms with Crippen LogP contribution in [0.5, 0.6) is 0 Å². The molecule has 120 valence electrons. The molecular formula is C15H18FNO3S2. The highest BCUT2D eigenvalue weighted by atomic mass is 32.2. The summed E-state index contributed by atoms with van der Waals surface area (Å²) in [6.07, 6.45) is 2.59. The van der Waals surface area contributed by atoms with Gasteiger partial charge in [0.1, 0.15) is 5.82 Å². The van der Waals surface area contributed by atoms with Crippen molar-refractivity contribution in [3.8, 4) is 0 Å². The lowest BCUT2D eigenvalue weighted by atomic mass is 10.1. The van der Waals surface area contributed by atoms with Crippen molar-refractivity contribution < 1.29 is 17.6 Å². The first-order valence-electron chi connectivity index (χ1n) is 7.01. The first-order valence-corrected chi connectivity index (χ1v) is 9.71. The predicted octanol–water partition coefficient (Wildman–Crippen LogP) is 2.37. The van der Waals surface area contributed by atoms with Crippen molar-refractivity contribution in [1.29, 1.82) is 0 Å². The fourth-order valence-corrected chi connectivity index (χ4v) is 4.35. The van der Waals surface area contributed by atoms with E-state index in [1.165, 1.54) is 17.5 Å². The van der Waals surface area contributed by atoms with E-state index >= 15 is 0 Å². The van der Waals surface area contributed by atoms with Crippen molar-refractivity contribution in [3.63, 3.8) is 0 Å². The van der Waals surface area contributed by atoms with Crippen molar-refractivity contribution in [2.75, 3.05) is 18.1 Å². The van der Waals surface area contributed by atoms with Crippen LogP contribution in [0.15, 0.2) is 40.6 Å². The van der Waals surface area contributed by atoms with Gasteiger partial charge in [-0.25, -0.2) is 12.8 Å². The number of nitrogens with one attached hydrogen (secondary N) is 1. The summed E-state index contributed by atoms with van der Waals surface area (Å²) in [6.45, 7) is 0.552. The average Bonchev–Trinajstić information content (AvgIpc) is 2.79. The number of amides is 1. The number of thioether (sulfide) groups is 1. The first kappa shape index (κ1) is 17.0. The third-order valence-electron chi connectivity index (χ3n) is 3.18. The third kappa shape index (κ3) is 5.81. The normalized spacial score (nSPS) is 19.2. The van der Waals surface area contributed by atoms with Gasteiger partial charge in [-0.2, -0.15) is 0 Å². The number of carbonyl (C=O) groups is 1. The SMILES string of the molecule is O=C(CC1C=CS(=O)(=O)C1)NCCCSc1ccc(F)cc1. The second-order valence-electron chi connectivity index (χ2n) is 5.13. The van der Waals surface area contributed by atoms with Crippen LogP contribution in [-0.2, 0) is 14.6 Å². The summed E-state index contributed by atoms with van der Waals surface area (Å²) < 4.78 is 35.2. The molecular weight excluding hydrogens is 325 g/mol. The van der Waals surface area contributed by atoms with Gasteiger partial charge in [0.05, 0.1) is 5.75 Å². The zero-order chi connectivity index (χ0) is 16.0. The van der Waals surface area contributed by atoms with E-state index in [1.54, 1.807) is 30.0 Å². The topological polar surface area (TPSA) is 63.2 Å². The lowest BCUT2D eigenvalue weighted by Crippen LogP contribution is -2.27. The average molecular weight is 343 g/mol. The number of hydrogen-bond acceptors (Lipinski definition) is 4. The number of allylic oxidation sites excluding steroid dienone is 1. The molecule has 0 aliphatic carbocycles. The van der Waals surface area contributed by atoms with E-state index < -0.39 is 9.84 Å². The van der Waals surface area contributed by atoms with Crippen LogP contribution in [0.1, 0.15) is 12.8 Å². The lowest BCUT2D eigenvalue weighted by Gasteiger charge is -2.08. The summed E-state index contributed by atoms with van der Waals surface area (Å²) in [6, 6.07) is 6.30. The van der Waals surface area contributed by atoms with Gasteiger partial charge in [-0.3, -0.25) is 4.79 Å². The van der Waals surface area contributed by atoms with Crippen LogP contribution in [0.2, 0.25) is 0 Å². The molecule has 0 aromatic heterocycles. The molecule has 2 rings (SSSR count). The molecule has 0 radical (unpaired) electrons. The zero-order valence-corrected chi connectivity index (χ0v) is 13.6. The van der Waals surface area contributed by atoms with Gasteiger partial charge in [0.15, 0.2) is 9.84 Å². The number of benzene rings is 1. The van der Waals surface area contributed by atoms with Gasteiger partial charge in [0.2, 0.25) is 5.91 Å². The molecule has 1 N–H and O–H groups in total. The minimum Gasteiger partial charge on any atom is -0.356 e. The Morgan fingerprint density at radius 2 is 2.05 bits per heavy atom. The minimum absolute atomic E-state index is 0.0286. The van der Waals surface area contributed by atoms with E-state index in [0.29, 0.717) is 6.54 Å². The second-order valence-corrected chi connectivity index (χ2v) is 8.23. The number of carbonyl (C=O) groups excluding carboxylic acids is 1. The van der Waals surface area contributed by atoms with Crippen LogP contribution in [0.25, 0.3) is 0 Å². The van der Waals surface area contributed by atoms with E-state index in [9.17, 15) is 17.6 Å². The molecule has 1 atom stereocenters. The van der Waals surface area contributed by atoms with Crippen molar-refractivity contribution in [1.82, 2.24) is 5.32 Å². The molecule has 0 saturated carbocycles. The fourth-order valence-electron chi connectivity index (χ4n) is 2.10. The molecule has 0 saturated heterocycles. The highest BCUT2D eigenvalue weighted by molar-refractivity contribution is 7.99. The maximum Gasteiger partial charge on any atom is 0.220 e. The molecule has 0 fully saturated rings. The molecule has 1 aromatic carbocycles. The Labute approximate surface area is 134 Å². The second kappa shape index (κ2) is 7.78. The largest absolute Gasteiger partial charge is 0.356 e. The predicted molar refractivity (Wildman–Crippen MR) is 85.8 cm³/mol. The summed E-state index contributed by atoms with van der Waals surface area (Å²) in [7, 11) is -3.09. The standard InChI is InChI=1S/C15H18FNO3S2/c16-13-2-4-14(5-3-13)21-8-1-7-17-15(18)10-12-6-9-22(19,20)11-12/h2-6,9,12H,1,7-8,10-11H2,(H,17,18). The number of sulfone groups is 1. The Balaban J connectivity index is 1.58. The number of rotatable bonds is 7. The Morgan fingerprint density at radius 3 is 2.68 bits per heavy atom. The van der Waals surface area contributed by atoms with Gasteiger partial charge in [-0.15, -0.1) is 11.8 Å². The number of hydrogen-bond donors (Lipinski definition) is 1. The fraction of sp³-hybridized carbons (Fsp3) is 0.400. The van der Waals surface area contributed by atoms with Gasteiger partial charge in [0.25, 0.3) is 0 Å². The molecule has 0 spiro atoms. The van der Waals surface area contributed by atoms with Crippen LogP contribution >= 0.6 is 11.8 Å². The molecule has 1 amide bonds. The molecule has 1 heterocycles. The molecule has 7 heteroatoms. The van der Waals surface area contributed by atoms with Crippen molar-refractivity contribution in [2.24, 2.45) is 5.92 Å². The van der Waals surface area contributed by atoms with E-state index in [2.05, 4.69) is 5.32 Å². The summed E-state index contributed by atoms with van der Waals surface area (Å²) in [5.74, 6) is 0.265. The van der Waals surface area contributed by atoms with Crippen molar-refractivity contribution >= 4 is 27.5 Å². The maximum absolute atomic E-state index is 12.7. The van der Waals surface area contributed by atoms with Crippen LogP contribution in [0, 0.1) is 11.7 Å². The van der Waals surface area contributed by atoms with Gasteiger partial charge in [-0.05, 0) is 36.4 Å². The van der Waals surface area contributed by atoms with Gasteiger partial charge < -0.3 is 5.32 Å². The molecule has 1 aliphatic rings. The van der Waals surface area contributed by atoms with Crippen molar-refractivity contribution in [2.45, 2.75) is 17.7 Å². The molecule has 22 heavy (non-hydrogen) atoms. The number of halogens is 1. The molecule has 0 bridgehead atoms. The van der Waals surface area contributed by atoms with E-state index in [1.807, 2.05) is 0 Å². The van der Waals surface area contributed by atoms with E-state index in [-0.39, 0.29) is 29.8 Å². The van der Waals surface area contributed by atoms with E-state index in [0.717, 1.165) is 17.1 Å². The smallest absolute Gasteiger partial charge is 0.220 e. The Kier molecular flexibility index (Phi) is 6.02. The van der Waals surface area contributed by atoms with Crippen LogP contribution in [0.3, 0.4) is 0 Å². The van der Waals surface area contributed by atoms with Crippen molar-refractivity contribution in [3.05, 3.63) is 41.6 Å². The summed E-state index contributed by atoms with van der Waals surface area (Å²) in [4.78, 5) is 12.7. The highest BCUT2D eigenvalue weighted by Crippen LogP contribution is 2.19. The Bertz CT molecular complexity index is 641. The quantitative estimate of drug-likeness (QED) is 0.610. The molecule has 1 aliphatic heterocycles. The zero-order valence-electron chi connectivity index (χ0n) is 12.0. The first-order chi connectivity index (χ1) is 10.4. The molecule has 4 nitrogen and oxygen atoms in total. The summed E-state index contributed by atoms with van der Waals surface area (Å²) in [5.41, 5.74) is 0. The van der Waals surface area contributed by atoms with Crippen LogP contribution in [0.4, 0.5) is 4.39 Å². The minimum atomic E-state index is -3.09. The lowest BCUT2D eigenvalue weighted by molar-refractivity contribution is -0.121. The Hall–Kier alpha value is -1.34. The van der Waals surface area contributed by atoms with Gasteiger partial charge in [-0.1, -0.05) is 6.08 Å². The highest BCUT2D eigenvalue weighted by Gasteiger charge is 2.23. The monoisotopic (exact) mass is 343 g/mol. The Morgan fingerprint density at radius 1 is 1.32 bits per heavy atom. The van der Waals surface area contributed by atoms with Gasteiger partial charge in [0, 0.05) is 29.2 Å². The maximum atomic E-state index is 12.7.